The third-order valence-electron chi connectivity index (χ3n) is 6.31. The van der Waals surface area contributed by atoms with Crippen molar-refractivity contribution in [2.75, 3.05) is 13.9 Å². The molecule has 1 aliphatic carbocycles. The maximum atomic E-state index is 13.6. The molecule has 7 heteroatoms. The number of benzene rings is 2. The first-order chi connectivity index (χ1) is 15.5. The van der Waals surface area contributed by atoms with Gasteiger partial charge in [-0.05, 0) is 42.5 Å². The van der Waals surface area contributed by atoms with Gasteiger partial charge in [0.05, 0.1) is 12.7 Å². The van der Waals surface area contributed by atoms with Crippen molar-refractivity contribution in [1.29, 1.82) is 0 Å². The number of allylic oxidation sites excluding steroid dienone is 3. The molecule has 2 unspecified atom stereocenters. The second-order valence-electron chi connectivity index (χ2n) is 8.15. The summed E-state index contributed by atoms with van der Waals surface area (Å²) in [5.74, 6) is 0.305. The number of fused-ring (bicyclic) bond motifs is 1. The Kier molecular flexibility index (Phi) is 5.29. The molecule has 0 fully saturated rings. The summed E-state index contributed by atoms with van der Waals surface area (Å²) in [6, 6.07) is 13.7. The standard InChI is InChI=1S/C25H22BrNO5/c1-13-22(25(29)30-2)23(16-10-20-21(11-17(16)26)32-12-31-20)24-18(27-13)8-15(9-19(24)28)14-6-4-3-5-7-14/h3-7,10-11,15,23,27H,8-9,12H2,1-2H3. The summed E-state index contributed by atoms with van der Waals surface area (Å²) in [6.07, 6.45) is 1.08. The summed E-state index contributed by atoms with van der Waals surface area (Å²) < 4.78 is 16.9. The average Bonchev–Trinajstić information content (AvgIpc) is 3.24. The molecule has 2 aromatic carbocycles. The molecular weight excluding hydrogens is 474 g/mol. The van der Waals surface area contributed by atoms with Crippen molar-refractivity contribution in [2.24, 2.45) is 0 Å². The summed E-state index contributed by atoms with van der Waals surface area (Å²) in [5.41, 5.74) is 4.49. The number of esters is 1. The smallest absolute Gasteiger partial charge is 0.336 e. The molecule has 5 rings (SSSR count). The number of dihydropyridines is 1. The van der Waals surface area contributed by atoms with Crippen LogP contribution in [0.4, 0.5) is 0 Å². The Labute approximate surface area is 194 Å². The zero-order valence-electron chi connectivity index (χ0n) is 17.7. The second-order valence-corrected chi connectivity index (χ2v) is 9.00. The number of carbonyl (C=O) groups is 2. The molecule has 2 aliphatic heterocycles. The minimum atomic E-state index is -0.563. The van der Waals surface area contributed by atoms with E-state index in [0.717, 1.165) is 21.3 Å². The highest BCUT2D eigenvalue weighted by atomic mass is 79.9. The van der Waals surface area contributed by atoms with Gasteiger partial charge in [0.2, 0.25) is 6.79 Å². The van der Waals surface area contributed by atoms with Crippen molar-refractivity contribution in [1.82, 2.24) is 5.32 Å². The zero-order valence-corrected chi connectivity index (χ0v) is 19.3. The Bertz CT molecular complexity index is 1180. The van der Waals surface area contributed by atoms with E-state index in [2.05, 4.69) is 33.4 Å². The van der Waals surface area contributed by atoms with Gasteiger partial charge in [-0.15, -0.1) is 0 Å². The first-order valence-corrected chi connectivity index (χ1v) is 11.2. The molecule has 2 heterocycles. The van der Waals surface area contributed by atoms with Gasteiger partial charge in [0, 0.05) is 33.8 Å². The highest BCUT2D eigenvalue weighted by Crippen LogP contribution is 2.49. The van der Waals surface area contributed by atoms with Crippen molar-refractivity contribution in [2.45, 2.75) is 31.6 Å². The topological polar surface area (TPSA) is 73.9 Å². The van der Waals surface area contributed by atoms with Gasteiger partial charge < -0.3 is 19.5 Å². The van der Waals surface area contributed by atoms with Crippen LogP contribution in [-0.4, -0.2) is 25.7 Å². The maximum absolute atomic E-state index is 13.6. The van der Waals surface area contributed by atoms with E-state index in [0.29, 0.717) is 41.2 Å². The molecule has 6 nitrogen and oxygen atoms in total. The van der Waals surface area contributed by atoms with E-state index < -0.39 is 11.9 Å². The van der Waals surface area contributed by atoms with Gasteiger partial charge in [0.1, 0.15) is 0 Å². The number of carbonyl (C=O) groups excluding carboxylic acids is 2. The maximum Gasteiger partial charge on any atom is 0.336 e. The number of Topliss-reactive ketones (excluding diaryl/α,β-unsaturated/α-hetero) is 1. The van der Waals surface area contributed by atoms with E-state index in [1.54, 1.807) is 0 Å². The molecule has 0 saturated heterocycles. The van der Waals surface area contributed by atoms with Crippen molar-refractivity contribution in [3.63, 3.8) is 0 Å². The fourth-order valence-corrected chi connectivity index (χ4v) is 5.40. The van der Waals surface area contributed by atoms with E-state index in [9.17, 15) is 9.59 Å². The number of halogens is 1. The Morgan fingerprint density at radius 2 is 1.84 bits per heavy atom. The monoisotopic (exact) mass is 495 g/mol. The third-order valence-corrected chi connectivity index (χ3v) is 6.99. The molecule has 0 aromatic heterocycles. The molecule has 1 N–H and O–H groups in total. The van der Waals surface area contributed by atoms with Crippen molar-refractivity contribution >= 4 is 27.7 Å². The van der Waals surface area contributed by atoms with Crippen LogP contribution in [0.2, 0.25) is 0 Å². The fraction of sp³-hybridized carbons (Fsp3) is 0.280. The molecule has 0 spiro atoms. The van der Waals surface area contributed by atoms with Gasteiger partial charge in [-0.25, -0.2) is 4.79 Å². The van der Waals surface area contributed by atoms with E-state index in [1.165, 1.54) is 7.11 Å². The Morgan fingerprint density at radius 1 is 1.12 bits per heavy atom. The van der Waals surface area contributed by atoms with E-state index >= 15 is 0 Å². The predicted molar refractivity (Wildman–Crippen MR) is 121 cm³/mol. The van der Waals surface area contributed by atoms with Crippen molar-refractivity contribution in [3.8, 4) is 11.5 Å². The quantitative estimate of drug-likeness (QED) is 0.621. The summed E-state index contributed by atoms with van der Waals surface area (Å²) in [6.45, 7) is 1.99. The highest BCUT2D eigenvalue weighted by Gasteiger charge is 2.42. The minimum Gasteiger partial charge on any atom is -0.466 e. The largest absolute Gasteiger partial charge is 0.466 e. The second kappa shape index (κ2) is 8.13. The summed E-state index contributed by atoms with van der Waals surface area (Å²) >= 11 is 3.62. The lowest BCUT2D eigenvalue weighted by Gasteiger charge is -2.37. The normalized spacial score (nSPS) is 21.9. The Balaban J connectivity index is 1.65. The van der Waals surface area contributed by atoms with Gasteiger partial charge in [0.25, 0.3) is 0 Å². The van der Waals surface area contributed by atoms with E-state index in [1.807, 2.05) is 37.3 Å². The first kappa shape index (κ1) is 20.8. The predicted octanol–water partition coefficient (Wildman–Crippen LogP) is 4.71. The molecule has 0 radical (unpaired) electrons. The zero-order chi connectivity index (χ0) is 22.4. The van der Waals surface area contributed by atoms with Crippen LogP contribution in [0.5, 0.6) is 11.5 Å². The SMILES string of the molecule is COC(=O)C1=C(C)NC2=C(C(=O)CC(c3ccccc3)C2)C1c1cc2c(cc1Br)OCO2. The minimum absolute atomic E-state index is 0.0241. The molecule has 3 aliphatic rings. The molecule has 0 bridgehead atoms. The van der Waals surface area contributed by atoms with E-state index in [4.69, 9.17) is 14.2 Å². The molecule has 2 atom stereocenters. The fourth-order valence-electron chi connectivity index (χ4n) is 4.85. The van der Waals surface area contributed by atoms with Crippen LogP contribution in [0.15, 0.2) is 69.5 Å². The highest BCUT2D eigenvalue weighted by molar-refractivity contribution is 9.10. The number of ketones is 1. The molecule has 32 heavy (non-hydrogen) atoms. The summed E-state index contributed by atoms with van der Waals surface area (Å²) in [7, 11) is 1.35. The number of hydrogen-bond donors (Lipinski definition) is 1. The lowest BCUT2D eigenvalue weighted by atomic mass is 9.71. The van der Waals surface area contributed by atoms with Gasteiger partial charge in [-0.3, -0.25) is 4.79 Å². The molecule has 164 valence electrons. The van der Waals surface area contributed by atoms with E-state index in [-0.39, 0.29) is 18.5 Å². The number of ether oxygens (including phenoxy) is 3. The molecule has 2 aromatic rings. The number of nitrogens with one attached hydrogen (secondary N) is 1. The number of methoxy groups -OCH3 is 1. The average molecular weight is 496 g/mol. The van der Waals surface area contributed by atoms with Crippen LogP contribution in [-0.2, 0) is 14.3 Å². The number of hydrogen-bond acceptors (Lipinski definition) is 6. The van der Waals surface area contributed by atoms with Gasteiger partial charge in [-0.2, -0.15) is 0 Å². The molecule has 0 amide bonds. The van der Waals surface area contributed by atoms with Gasteiger partial charge >= 0.3 is 5.97 Å². The third kappa shape index (κ3) is 3.41. The van der Waals surface area contributed by atoms with Crippen LogP contribution < -0.4 is 14.8 Å². The van der Waals surface area contributed by atoms with Crippen LogP contribution in [0, 0.1) is 0 Å². The van der Waals surface area contributed by atoms with Crippen molar-refractivity contribution < 1.29 is 23.8 Å². The molecular formula is C25H22BrNO5. The van der Waals surface area contributed by atoms with Gasteiger partial charge in [0.15, 0.2) is 17.3 Å². The molecule has 0 saturated carbocycles. The first-order valence-electron chi connectivity index (χ1n) is 10.4. The summed E-state index contributed by atoms with van der Waals surface area (Å²) in [4.78, 5) is 26.4. The number of rotatable bonds is 3. The van der Waals surface area contributed by atoms with Crippen LogP contribution >= 0.6 is 15.9 Å². The van der Waals surface area contributed by atoms with Gasteiger partial charge in [-0.1, -0.05) is 46.3 Å². The summed E-state index contributed by atoms with van der Waals surface area (Å²) in [5, 5.41) is 3.35. The lowest BCUT2D eigenvalue weighted by molar-refractivity contribution is -0.136. The van der Waals surface area contributed by atoms with Crippen molar-refractivity contribution in [3.05, 3.63) is 80.6 Å². The lowest BCUT2D eigenvalue weighted by Crippen LogP contribution is -2.36. The van der Waals surface area contributed by atoms with Crippen LogP contribution in [0.3, 0.4) is 0 Å². The Hall–Kier alpha value is -3.06. The Morgan fingerprint density at radius 3 is 2.56 bits per heavy atom. The van der Waals surface area contributed by atoms with Crippen LogP contribution in [0.1, 0.15) is 42.7 Å². The van der Waals surface area contributed by atoms with Crippen LogP contribution in [0.25, 0.3) is 0 Å².